The van der Waals surface area contributed by atoms with E-state index in [1.165, 1.54) is 21.6 Å². The van der Waals surface area contributed by atoms with Crippen LogP contribution in [0, 0.1) is 20.8 Å². The lowest BCUT2D eigenvalue weighted by atomic mass is 9.98. The van der Waals surface area contributed by atoms with Crippen molar-refractivity contribution in [3.05, 3.63) is 46.5 Å². The van der Waals surface area contributed by atoms with E-state index in [9.17, 15) is 9.59 Å². The third-order valence-electron chi connectivity index (χ3n) is 3.32. The first kappa shape index (κ1) is 15.0. The molecule has 1 aromatic rings. The number of nitrogens with zero attached hydrogens (tertiary/aromatic N) is 1. The summed E-state index contributed by atoms with van der Waals surface area (Å²) in [5.74, 6) is -1.44. The van der Waals surface area contributed by atoms with Gasteiger partial charge in [-0.25, -0.2) is 4.79 Å². The van der Waals surface area contributed by atoms with Gasteiger partial charge in [-0.3, -0.25) is 4.79 Å². The molecule has 1 rings (SSSR count). The maximum absolute atomic E-state index is 11.7. The van der Waals surface area contributed by atoms with Gasteiger partial charge in [0.2, 0.25) is 5.91 Å². The lowest BCUT2D eigenvalue weighted by Gasteiger charge is -2.18. The highest BCUT2D eigenvalue weighted by Gasteiger charge is 2.10. The number of carboxylic acids is 1. The molecule has 0 saturated carbocycles. The Morgan fingerprint density at radius 3 is 2.37 bits per heavy atom. The normalized spacial score (nSPS) is 10.7. The first-order valence-electron chi connectivity index (χ1n) is 6.04. The van der Waals surface area contributed by atoms with Crippen LogP contribution in [0.4, 0.5) is 0 Å². The summed E-state index contributed by atoms with van der Waals surface area (Å²) < 4.78 is 0. The van der Waals surface area contributed by atoms with Crippen LogP contribution in [0.3, 0.4) is 0 Å². The summed E-state index contributed by atoms with van der Waals surface area (Å²) in [7, 11) is 1.66. The zero-order valence-electron chi connectivity index (χ0n) is 11.7. The summed E-state index contributed by atoms with van der Waals surface area (Å²) in [5, 5.41) is 8.49. The molecule has 0 aliphatic carbocycles. The number of carbonyl (C=O) groups excluding carboxylic acids is 1. The number of amides is 1. The molecular weight excluding hydrogens is 242 g/mol. The minimum atomic E-state index is -1.12. The average Bonchev–Trinajstić information content (AvgIpc) is 2.36. The number of carbonyl (C=O) groups is 2. The minimum absolute atomic E-state index is 0.319. The lowest BCUT2D eigenvalue weighted by Crippen LogP contribution is -2.25. The molecule has 4 nitrogen and oxygen atoms in total. The van der Waals surface area contributed by atoms with E-state index >= 15 is 0 Å². The van der Waals surface area contributed by atoms with E-state index in [0.717, 1.165) is 17.7 Å². The van der Waals surface area contributed by atoms with Crippen molar-refractivity contribution in [2.45, 2.75) is 27.3 Å². The van der Waals surface area contributed by atoms with Gasteiger partial charge in [0, 0.05) is 25.7 Å². The Bertz CT molecular complexity index is 532. The molecular formula is C15H19NO3. The number of aryl methyl sites for hydroxylation is 1. The van der Waals surface area contributed by atoms with E-state index < -0.39 is 5.97 Å². The van der Waals surface area contributed by atoms with Gasteiger partial charge in [-0.15, -0.1) is 0 Å². The lowest BCUT2D eigenvalue weighted by molar-refractivity contribution is -0.132. The van der Waals surface area contributed by atoms with Crippen LogP contribution in [0.25, 0.3) is 0 Å². The van der Waals surface area contributed by atoms with Gasteiger partial charge in [0.25, 0.3) is 0 Å². The van der Waals surface area contributed by atoms with Gasteiger partial charge in [0.05, 0.1) is 0 Å². The van der Waals surface area contributed by atoms with Crippen LogP contribution in [0.2, 0.25) is 0 Å². The first-order valence-corrected chi connectivity index (χ1v) is 6.04. The van der Waals surface area contributed by atoms with Gasteiger partial charge in [-0.05, 0) is 43.0 Å². The predicted octanol–water partition coefficient (Wildman–Crippen LogP) is 2.21. The predicted molar refractivity (Wildman–Crippen MR) is 73.9 cm³/mol. The largest absolute Gasteiger partial charge is 0.478 e. The van der Waals surface area contributed by atoms with Crippen LogP contribution in [0.5, 0.6) is 0 Å². The van der Waals surface area contributed by atoms with E-state index in [0.29, 0.717) is 6.54 Å². The molecule has 0 heterocycles. The Hall–Kier alpha value is -2.10. The Balaban J connectivity index is 2.83. The molecule has 0 atom stereocenters. The molecule has 0 fully saturated rings. The number of hydrogen-bond acceptors (Lipinski definition) is 2. The van der Waals surface area contributed by atoms with Crippen molar-refractivity contribution in [2.24, 2.45) is 0 Å². The van der Waals surface area contributed by atoms with Crippen molar-refractivity contribution < 1.29 is 14.7 Å². The maximum Gasteiger partial charge on any atom is 0.328 e. The average molecular weight is 261 g/mol. The molecule has 1 amide bonds. The second kappa shape index (κ2) is 6.18. The summed E-state index contributed by atoms with van der Waals surface area (Å²) in [4.78, 5) is 23.6. The summed E-state index contributed by atoms with van der Waals surface area (Å²) in [6.07, 6.45) is 1.92. The van der Waals surface area contributed by atoms with Gasteiger partial charge in [0.1, 0.15) is 0 Å². The topological polar surface area (TPSA) is 57.6 Å². The molecule has 0 bridgehead atoms. The Labute approximate surface area is 113 Å². The number of benzene rings is 1. The summed E-state index contributed by atoms with van der Waals surface area (Å²) in [5.41, 5.74) is 4.69. The molecule has 0 radical (unpaired) electrons. The van der Waals surface area contributed by atoms with E-state index in [1.807, 2.05) is 19.1 Å². The summed E-state index contributed by atoms with van der Waals surface area (Å²) >= 11 is 0. The van der Waals surface area contributed by atoms with Gasteiger partial charge < -0.3 is 10.0 Å². The van der Waals surface area contributed by atoms with Gasteiger partial charge in [0.15, 0.2) is 0 Å². The molecule has 0 saturated heterocycles. The van der Waals surface area contributed by atoms with Crippen LogP contribution in [-0.4, -0.2) is 28.9 Å². The fourth-order valence-electron chi connectivity index (χ4n) is 1.79. The number of rotatable bonds is 4. The van der Waals surface area contributed by atoms with E-state index in [4.69, 9.17) is 5.11 Å². The van der Waals surface area contributed by atoms with Crippen molar-refractivity contribution in [2.75, 3.05) is 7.05 Å². The Morgan fingerprint density at radius 1 is 1.16 bits per heavy atom. The Kier molecular flexibility index (Phi) is 4.87. The highest BCUT2D eigenvalue weighted by Crippen LogP contribution is 2.18. The quantitative estimate of drug-likeness (QED) is 0.845. The smallest absolute Gasteiger partial charge is 0.328 e. The molecule has 0 unspecified atom stereocenters. The third kappa shape index (κ3) is 3.95. The van der Waals surface area contributed by atoms with Crippen LogP contribution < -0.4 is 0 Å². The van der Waals surface area contributed by atoms with Gasteiger partial charge in [-0.2, -0.15) is 0 Å². The molecule has 0 aliphatic rings. The van der Waals surface area contributed by atoms with Crippen LogP contribution in [0.1, 0.15) is 22.3 Å². The summed E-state index contributed by atoms with van der Waals surface area (Å²) in [6.45, 7) is 6.61. The third-order valence-corrected chi connectivity index (χ3v) is 3.32. The zero-order chi connectivity index (χ0) is 14.6. The van der Waals surface area contributed by atoms with E-state index in [2.05, 4.69) is 13.8 Å². The van der Waals surface area contributed by atoms with Crippen molar-refractivity contribution in [1.29, 1.82) is 0 Å². The van der Waals surface area contributed by atoms with Gasteiger partial charge in [-0.1, -0.05) is 12.1 Å². The second-order valence-corrected chi connectivity index (χ2v) is 4.66. The number of hydrogen-bond donors (Lipinski definition) is 1. The highest BCUT2D eigenvalue weighted by molar-refractivity contribution is 5.93. The van der Waals surface area contributed by atoms with Crippen LogP contribution in [0.15, 0.2) is 24.3 Å². The Morgan fingerprint density at radius 2 is 1.79 bits per heavy atom. The molecule has 4 heteroatoms. The SMILES string of the molecule is Cc1ccc(CN(C)C(=O)/C=C/C(=O)O)c(C)c1C. The second-order valence-electron chi connectivity index (χ2n) is 4.66. The molecule has 1 N–H and O–H groups in total. The molecule has 102 valence electrons. The monoisotopic (exact) mass is 261 g/mol. The zero-order valence-corrected chi connectivity index (χ0v) is 11.7. The minimum Gasteiger partial charge on any atom is -0.478 e. The summed E-state index contributed by atoms with van der Waals surface area (Å²) in [6, 6.07) is 4.03. The fourth-order valence-corrected chi connectivity index (χ4v) is 1.79. The van der Waals surface area contributed by atoms with Crippen molar-refractivity contribution in [1.82, 2.24) is 4.90 Å². The van der Waals surface area contributed by atoms with Crippen molar-refractivity contribution in [3.8, 4) is 0 Å². The number of likely N-dealkylation sites (N-methyl/N-ethyl adjacent to an activating group) is 1. The first-order chi connectivity index (χ1) is 8.82. The van der Waals surface area contributed by atoms with Crippen molar-refractivity contribution >= 4 is 11.9 Å². The molecule has 19 heavy (non-hydrogen) atoms. The van der Waals surface area contributed by atoms with Crippen molar-refractivity contribution in [3.63, 3.8) is 0 Å². The number of carboxylic acid groups (broad SMARTS) is 1. The van der Waals surface area contributed by atoms with Crippen LogP contribution >= 0.6 is 0 Å². The van der Waals surface area contributed by atoms with Gasteiger partial charge >= 0.3 is 5.97 Å². The van der Waals surface area contributed by atoms with Crippen LogP contribution in [-0.2, 0) is 16.1 Å². The molecule has 0 aromatic heterocycles. The molecule has 0 spiro atoms. The van der Waals surface area contributed by atoms with E-state index in [-0.39, 0.29) is 5.91 Å². The maximum atomic E-state index is 11.7. The molecule has 0 aliphatic heterocycles. The number of aliphatic carboxylic acids is 1. The standard InChI is InChI=1S/C15H19NO3/c1-10-5-6-13(12(3)11(10)2)9-16(4)14(17)7-8-15(18)19/h5-8H,9H2,1-4H3,(H,18,19)/b8-7+. The van der Waals surface area contributed by atoms with E-state index in [1.54, 1.807) is 7.05 Å². The highest BCUT2D eigenvalue weighted by atomic mass is 16.4. The fraction of sp³-hybridized carbons (Fsp3) is 0.333. The molecule has 1 aromatic carbocycles.